The molecular weight excluding hydrogens is 268 g/mol. The van der Waals surface area contributed by atoms with Crippen molar-refractivity contribution in [2.75, 3.05) is 4.72 Å². The quantitative estimate of drug-likeness (QED) is 0.885. The summed E-state index contributed by atoms with van der Waals surface area (Å²) in [7, 11) is -3.81. The molecule has 0 spiro atoms. The third-order valence-corrected chi connectivity index (χ3v) is 3.58. The lowest BCUT2D eigenvalue weighted by molar-refractivity contribution is 0.0696. The van der Waals surface area contributed by atoms with E-state index in [-0.39, 0.29) is 10.6 Å². The summed E-state index contributed by atoms with van der Waals surface area (Å²) in [5.74, 6) is -1.16. The maximum absolute atomic E-state index is 12.0. The Morgan fingerprint density at radius 3 is 2.32 bits per heavy atom. The molecule has 0 aliphatic carbocycles. The van der Waals surface area contributed by atoms with Crippen molar-refractivity contribution in [3.63, 3.8) is 0 Å². The molecule has 98 valence electrons. The molecule has 2 rings (SSSR count). The standard InChI is InChI=1S/C12H10N2O4S/c15-12(16)9-6-7-11(13-8-9)19(17,18)14-10-4-2-1-3-5-10/h1-8,14H,(H,15,16). The number of benzene rings is 1. The van der Waals surface area contributed by atoms with Crippen LogP contribution in [0.3, 0.4) is 0 Å². The fourth-order valence-corrected chi connectivity index (χ4v) is 2.37. The second-order valence-corrected chi connectivity index (χ2v) is 5.29. The highest BCUT2D eigenvalue weighted by Crippen LogP contribution is 2.13. The number of hydrogen-bond acceptors (Lipinski definition) is 4. The maximum Gasteiger partial charge on any atom is 0.337 e. The Morgan fingerprint density at radius 2 is 1.79 bits per heavy atom. The maximum atomic E-state index is 12.0. The molecule has 0 radical (unpaired) electrons. The van der Waals surface area contributed by atoms with Crippen molar-refractivity contribution in [3.8, 4) is 0 Å². The molecule has 0 amide bonds. The number of carbonyl (C=O) groups is 1. The van der Waals surface area contributed by atoms with Gasteiger partial charge in [0.15, 0.2) is 5.03 Å². The van der Waals surface area contributed by atoms with Gasteiger partial charge in [-0.05, 0) is 24.3 Å². The van der Waals surface area contributed by atoms with Crippen LogP contribution in [0.5, 0.6) is 0 Å². The zero-order valence-corrected chi connectivity index (χ0v) is 10.5. The second kappa shape index (κ2) is 5.07. The van der Waals surface area contributed by atoms with Crippen molar-refractivity contribution in [1.29, 1.82) is 0 Å². The molecule has 2 aromatic rings. The first-order valence-electron chi connectivity index (χ1n) is 5.26. The van der Waals surface area contributed by atoms with Crippen molar-refractivity contribution < 1.29 is 18.3 Å². The highest BCUT2D eigenvalue weighted by Gasteiger charge is 2.16. The first-order chi connectivity index (χ1) is 8.99. The topological polar surface area (TPSA) is 96.4 Å². The Balaban J connectivity index is 2.27. The van der Waals surface area contributed by atoms with E-state index in [2.05, 4.69) is 9.71 Å². The van der Waals surface area contributed by atoms with Crippen molar-refractivity contribution in [2.45, 2.75) is 5.03 Å². The predicted molar refractivity (Wildman–Crippen MR) is 68.4 cm³/mol. The Bertz CT molecular complexity index is 681. The van der Waals surface area contributed by atoms with Crippen molar-refractivity contribution in [1.82, 2.24) is 4.98 Å². The molecule has 6 nitrogen and oxygen atoms in total. The first kappa shape index (κ1) is 13.0. The average Bonchev–Trinajstić information content (AvgIpc) is 2.39. The smallest absolute Gasteiger partial charge is 0.337 e. The minimum atomic E-state index is -3.81. The number of rotatable bonds is 4. The van der Waals surface area contributed by atoms with Gasteiger partial charge < -0.3 is 5.11 Å². The van der Waals surface area contributed by atoms with Gasteiger partial charge in [0.05, 0.1) is 5.56 Å². The molecular formula is C12H10N2O4S. The molecule has 19 heavy (non-hydrogen) atoms. The number of para-hydroxylation sites is 1. The number of carboxylic acids is 1. The van der Waals surface area contributed by atoms with E-state index in [0.717, 1.165) is 12.3 Å². The van der Waals surface area contributed by atoms with Gasteiger partial charge >= 0.3 is 5.97 Å². The highest BCUT2D eigenvalue weighted by atomic mass is 32.2. The van der Waals surface area contributed by atoms with Crippen LogP contribution in [0.1, 0.15) is 10.4 Å². The van der Waals surface area contributed by atoms with Gasteiger partial charge in [0.2, 0.25) is 0 Å². The average molecular weight is 278 g/mol. The van der Waals surface area contributed by atoms with Crippen molar-refractivity contribution in [3.05, 3.63) is 54.2 Å². The van der Waals surface area contributed by atoms with E-state index < -0.39 is 16.0 Å². The van der Waals surface area contributed by atoms with Crippen LogP contribution in [0.2, 0.25) is 0 Å². The Labute approximate surface area is 109 Å². The van der Waals surface area contributed by atoms with Gasteiger partial charge in [-0.2, -0.15) is 8.42 Å². The minimum Gasteiger partial charge on any atom is -0.478 e. The van der Waals surface area contributed by atoms with Gasteiger partial charge in [-0.25, -0.2) is 9.78 Å². The van der Waals surface area contributed by atoms with E-state index in [4.69, 9.17) is 5.11 Å². The number of pyridine rings is 1. The fourth-order valence-electron chi connectivity index (χ4n) is 1.38. The molecule has 0 saturated carbocycles. The molecule has 7 heteroatoms. The summed E-state index contributed by atoms with van der Waals surface area (Å²) in [5, 5.41) is 8.47. The summed E-state index contributed by atoms with van der Waals surface area (Å²) >= 11 is 0. The Hall–Kier alpha value is -2.41. The van der Waals surface area contributed by atoms with E-state index in [1.165, 1.54) is 6.07 Å². The lowest BCUT2D eigenvalue weighted by Crippen LogP contribution is -2.14. The van der Waals surface area contributed by atoms with Crippen LogP contribution in [0.4, 0.5) is 5.69 Å². The minimum absolute atomic E-state index is 0.0707. The van der Waals surface area contributed by atoms with Gasteiger partial charge in [0.25, 0.3) is 10.0 Å². The van der Waals surface area contributed by atoms with E-state index >= 15 is 0 Å². The molecule has 0 fully saturated rings. The molecule has 0 unspecified atom stereocenters. The number of hydrogen-bond donors (Lipinski definition) is 2. The number of nitrogens with zero attached hydrogens (tertiary/aromatic N) is 1. The Kier molecular flexibility index (Phi) is 3.48. The van der Waals surface area contributed by atoms with E-state index in [1.54, 1.807) is 30.3 Å². The van der Waals surface area contributed by atoms with Crippen LogP contribution in [-0.4, -0.2) is 24.5 Å². The van der Waals surface area contributed by atoms with Crippen LogP contribution in [0.25, 0.3) is 0 Å². The number of sulfonamides is 1. The largest absolute Gasteiger partial charge is 0.478 e. The van der Waals surface area contributed by atoms with Gasteiger partial charge in [-0.15, -0.1) is 0 Å². The molecule has 1 heterocycles. The summed E-state index contributed by atoms with van der Waals surface area (Å²) < 4.78 is 26.3. The number of nitrogens with one attached hydrogen (secondary N) is 1. The molecule has 0 bridgehead atoms. The number of aromatic carboxylic acids is 1. The van der Waals surface area contributed by atoms with Crippen LogP contribution < -0.4 is 4.72 Å². The normalized spacial score (nSPS) is 10.9. The second-order valence-electron chi connectivity index (χ2n) is 3.66. The molecule has 0 aliphatic rings. The number of carboxylic acid groups (broad SMARTS) is 1. The van der Waals surface area contributed by atoms with Gasteiger partial charge in [0, 0.05) is 11.9 Å². The summed E-state index contributed by atoms with van der Waals surface area (Å²) in [5.41, 5.74) is 0.338. The third-order valence-electron chi connectivity index (χ3n) is 2.28. The molecule has 0 saturated heterocycles. The van der Waals surface area contributed by atoms with Gasteiger partial charge in [0.1, 0.15) is 0 Å². The summed E-state index contributed by atoms with van der Waals surface area (Å²) in [6, 6.07) is 10.7. The van der Waals surface area contributed by atoms with Crippen LogP contribution in [-0.2, 0) is 10.0 Å². The zero-order chi connectivity index (χ0) is 13.9. The van der Waals surface area contributed by atoms with Gasteiger partial charge in [-0.3, -0.25) is 4.72 Å². The van der Waals surface area contributed by atoms with E-state index in [1.807, 2.05) is 0 Å². The van der Waals surface area contributed by atoms with E-state index in [0.29, 0.717) is 5.69 Å². The first-order valence-corrected chi connectivity index (χ1v) is 6.74. The SMILES string of the molecule is O=C(O)c1ccc(S(=O)(=O)Nc2ccccc2)nc1. The predicted octanol–water partition coefficient (Wildman–Crippen LogP) is 1.58. The highest BCUT2D eigenvalue weighted by molar-refractivity contribution is 7.92. The van der Waals surface area contributed by atoms with Crippen molar-refractivity contribution in [2.24, 2.45) is 0 Å². The molecule has 0 atom stereocenters. The van der Waals surface area contributed by atoms with E-state index in [9.17, 15) is 13.2 Å². The molecule has 0 aliphatic heterocycles. The number of anilines is 1. The van der Waals surface area contributed by atoms with Crippen LogP contribution >= 0.6 is 0 Å². The lowest BCUT2D eigenvalue weighted by atomic mass is 10.3. The van der Waals surface area contributed by atoms with Crippen LogP contribution in [0, 0.1) is 0 Å². The summed E-state index contributed by atoms with van der Waals surface area (Å²) in [6.07, 6.45) is 1.00. The number of aromatic nitrogens is 1. The monoisotopic (exact) mass is 278 g/mol. The zero-order valence-electron chi connectivity index (χ0n) is 9.65. The summed E-state index contributed by atoms with van der Waals surface area (Å²) in [4.78, 5) is 14.3. The fraction of sp³-hybridized carbons (Fsp3) is 0. The Morgan fingerprint density at radius 1 is 1.11 bits per heavy atom. The van der Waals surface area contributed by atoms with Crippen molar-refractivity contribution >= 4 is 21.7 Å². The van der Waals surface area contributed by atoms with Crippen LogP contribution in [0.15, 0.2) is 53.7 Å². The third kappa shape index (κ3) is 3.08. The lowest BCUT2D eigenvalue weighted by Gasteiger charge is -2.07. The molecule has 1 aromatic carbocycles. The summed E-state index contributed by atoms with van der Waals surface area (Å²) in [6.45, 7) is 0. The molecule has 2 N–H and O–H groups in total. The van der Waals surface area contributed by atoms with Gasteiger partial charge in [-0.1, -0.05) is 18.2 Å². The molecule has 1 aromatic heterocycles.